The maximum atomic E-state index is 11.9. The minimum absolute atomic E-state index is 0.277. The number of hydrogen-bond acceptors (Lipinski definition) is 3. The molecule has 0 radical (unpaired) electrons. The molecule has 0 atom stereocenters. The third-order valence-electron chi connectivity index (χ3n) is 2.89. The van der Waals surface area contributed by atoms with Gasteiger partial charge in [0.1, 0.15) is 0 Å². The average molecular weight is 410 g/mol. The van der Waals surface area contributed by atoms with Crippen molar-refractivity contribution in [2.24, 2.45) is 4.99 Å². The Bertz CT molecular complexity index is 783. The van der Waals surface area contributed by atoms with E-state index in [-0.39, 0.29) is 11.6 Å². The largest absolute Gasteiger partial charge is 0.402 e. The lowest BCUT2D eigenvalue weighted by atomic mass is 10.2. The lowest BCUT2D eigenvalue weighted by Crippen LogP contribution is -2.05. The van der Waals surface area contributed by atoms with Crippen LogP contribution in [0.1, 0.15) is 11.1 Å². The van der Waals surface area contributed by atoms with Crippen LogP contribution in [0.15, 0.2) is 59.2 Å². The van der Waals surface area contributed by atoms with Gasteiger partial charge in [-0.1, -0.05) is 35.9 Å². The maximum Gasteiger partial charge on any atom is 0.363 e. The molecule has 0 aromatic heterocycles. The summed E-state index contributed by atoms with van der Waals surface area (Å²) in [5, 5.41) is 0.571. The zero-order chi connectivity index (χ0) is 14.8. The van der Waals surface area contributed by atoms with Gasteiger partial charge < -0.3 is 4.74 Å². The minimum Gasteiger partial charge on any atom is -0.402 e. The van der Waals surface area contributed by atoms with Gasteiger partial charge in [-0.25, -0.2) is 9.79 Å². The van der Waals surface area contributed by atoms with Crippen LogP contribution in [0.3, 0.4) is 0 Å². The fraction of sp³-hybridized carbons (Fsp3) is 0. The Morgan fingerprint density at radius 2 is 1.95 bits per heavy atom. The first-order chi connectivity index (χ1) is 10.1. The second kappa shape index (κ2) is 5.99. The zero-order valence-corrected chi connectivity index (χ0v) is 13.6. The number of carbonyl (C=O) groups is 1. The van der Waals surface area contributed by atoms with E-state index in [0.29, 0.717) is 10.6 Å². The van der Waals surface area contributed by atoms with Crippen molar-refractivity contribution in [1.82, 2.24) is 0 Å². The summed E-state index contributed by atoms with van der Waals surface area (Å²) < 4.78 is 6.25. The third kappa shape index (κ3) is 3.16. The molecule has 0 saturated carbocycles. The number of halogens is 2. The monoisotopic (exact) mass is 409 g/mol. The average Bonchev–Trinajstić information content (AvgIpc) is 2.83. The molecule has 1 aliphatic rings. The molecular formula is C16H9ClINO2. The fourth-order valence-corrected chi connectivity index (χ4v) is 2.63. The van der Waals surface area contributed by atoms with Crippen LogP contribution in [0.4, 0.5) is 0 Å². The van der Waals surface area contributed by atoms with E-state index in [1.807, 2.05) is 24.3 Å². The molecule has 0 amide bonds. The molecule has 2 aromatic carbocycles. The summed E-state index contributed by atoms with van der Waals surface area (Å²) in [6.45, 7) is 0. The SMILES string of the molecule is O=C1OC(c2cccc(Cl)c2)=NC1=Cc1ccccc1I. The Labute approximate surface area is 140 Å². The maximum absolute atomic E-state index is 11.9. The van der Waals surface area contributed by atoms with Crippen LogP contribution >= 0.6 is 34.2 Å². The van der Waals surface area contributed by atoms with Gasteiger partial charge in [0.15, 0.2) is 5.70 Å². The number of rotatable bonds is 2. The standard InChI is InChI=1S/C16H9ClINO2/c17-12-6-3-5-11(8-12)15-19-14(16(20)21-15)9-10-4-1-2-7-13(10)18/h1-9H. The number of esters is 1. The van der Waals surface area contributed by atoms with Crippen molar-refractivity contribution in [3.8, 4) is 0 Å². The van der Waals surface area contributed by atoms with Crippen molar-refractivity contribution in [3.63, 3.8) is 0 Å². The van der Waals surface area contributed by atoms with Crippen molar-refractivity contribution in [1.29, 1.82) is 0 Å². The van der Waals surface area contributed by atoms with Gasteiger partial charge in [0.25, 0.3) is 0 Å². The highest BCUT2D eigenvalue weighted by Gasteiger charge is 2.24. The summed E-state index contributed by atoms with van der Waals surface area (Å²) in [4.78, 5) is 16.2. The third-order valence-corrected chi connectivity index (χ3v) is 4.11. The molecule has 5 heteroatoms. The first-order valence-electron chi connectivity index (χ1n) is 6.16. The van der Waals surface area contributed by atoms with E-state index in [1.54, 1.807) is 30.3 Å². The molecule has 0 unspecified atom stereocenters. The smallest absolute Gasteiger partial charge is 0.363 e. The van der Waals surface area contributed by atoms with E-state index in [2.05, 4.69) is 27.6 Å². The molecule has 1 aliphatic heterocycles. The highest BCUT2D eigenvalue weighted by Crippen LogP contribution is 2.22. The molecule has 1 heterocycles. The van der Waals surface area contributed by atoms with Crippen LogP contribution in [0, 0.1) is 3.57 Å². The van der Waals surface area contributed by atoms with Gasteiger partial charge in [-0.05, 0) is 58.5 Å². The normalized spacial score (nSPS) is 16.0. The lowest BCUT2D eigenvalue weighted by Gasteiger charge is -1.99. The molecule has 0 saturated heterocycles. The van der Waals surface area contributed by atoms with Crippen LogP contribution < -0.4 is 0 Å². The Morgan fingerprint density at radius 3 is 2.71 bits per heavy atom. The van der Waals surface area contributed by atoms with Crippen molar-refractivity contribution in [3.05, 3.63) is 73.9 Å². The Morgan fingerprint density at radius 1 is 1.14 bits per heavy atom. The fourth-order valence-electron chi connectivity index (χ4n) is 1.89. The van der Waals surface area contributed by atoms with Crippen molar-refractivity contribution < 1.29 is 9.53 Å². The number of hydrogen-bond donors (Lipinski definition) is 0. The van der Waals surface area contributed by atoms with E-state index in [1.165, 1.54) is 0 Å². The highest BCUT2D eigenvalue weighted by atomic mass is 127. The molecule has 0 aliphatic carbocycles. The van der Waals surface area contributed by atoms with Crippen molar-refractivity contribution in [2.45, 2.75) is 0 Å². The second-order valence-electron chi connectivity index (χ2n) is 4.37. The van der Waals surface area contributed by atoms with E-state index in [4.69, 9.17) is 16.3 Å². The van der Waals surface area contributed by atoms with Gasteiger partial charge in [0, 0.05) is 14.2 Å². The van der Waals surface area contributed by atoms with Gasteiger partial charge in [-0.3, -0.25) is 0 Å². The number of cyclic esters (lactones) is 1. The number of nitrogens with zero attached hydrogens (tertiary/aromatic N) is 1. The van der Waals surface area contributed by atoms with Gasteiger partial charge in [-0.15, -0.1) is 0 Å². The van der Waals surface area contributed by atoms with Crippen LogP contribution in [0.2, 0.25) is 5.02 Å². The molecule has 3 rings (SSSR count). The van der Waals surface area contributed by atoms with Crippen LogP contribution in [-0.4, -0.2) is 11.9 Å². The number of ether oxygens (including phenoxy) is 1. The Kier molecular flexibility index (Phi) is 4.07. The first-order valence-corrected chi connectivity index (χ1v) is 7.62. The van der Waals surface area contributed by atoms with Gasteiger partial charge >= 0.3 is 5.97 Å². The number of benzene rings is 2. The second-order valence-corrected chi connectivity index (χ2v) is 5.97. The summed E-state index contributed by atoms with van der Waals surface area (Å²) in [5.74, 6) is -0.177. The van der Waals surface area contributed by atoms with Crippen molar-refractivity contribution >= 4 is 52.1 Å². The Hall–Kier alpha value is -1.66. The molecule has 0 spiro atoms. The quantitative estimate of drug-likeness (QED) is 0.422. The molecule has 3 nitrogen and oxygen atoms in total. The van der Waals surface area contributed by atoms with E-state index in [0.717, 1.165) is 9.13 Å². The predicted molar refractivity (Wildman–Crippen MR) is 91.2 cm³/mol. The van der Waals surface area contributed by atoms with E-state index >= 15 is 0 Å². The summed E-state index contributed by atoms with van der Waals surface area (Å²) >= 11 is 8.15. The molecule has 2 aromatic rings. The van der Waals surface area contributed by atoms with E-state index < -0.39 is 5.97 Å². The van der Waals surface area contributed by atoms with Crippen LogP contribution in [0.5, 0.6) is 0 Å². The lowest BCUT2D eigenvalue weighted by molar-refractivity contribution is -0.129. The molecule has 21 heavy (non-hydrogen) atoms. The van der Waals surface area contributed by atoms with Gasteiger partial charge in [0.2, 0.25) is 5.90 Å². The topological polar surface area (TPSA) is 38.7 Å². The van der Waals surface area contributed by atoms with Crippen LogP contribution in [0.25, 0.3) is 6.08 Å². The highest BCUT2D eigenvalue weighted by molar-refractivity contribution is 14.1. The first kappa shape index (κ1) is 14.3. The summed E-state index contributed by atoms with van der Waals surface area (Å²) in [7, 11) is 0. The Balaban J connectivity index is 1.98. The minimum atomic E-state index is -0.454. The van der Waals surface area contributed by atoms with Crippen LogP contribution in [-0.2, 0) is 9.53 Å². The summed E-state index contributed by atoms with van der Waals surface area (Å²) in [6.07, 6.45) is 1.72. The van der Waals surface area contributed by atoms with Crippen molar-refractivity contribution in [2.75, 3.05) is 0 Å². The summed E-state index contributed by atoms with van der Waals surface area (Å²) in [5.41, 5.74) is 1.90. The molecule has 0 N–H and O–H groups in total. The molecule has 104 valence electrons. The summed E-state index contributed by atoms with van der Waals surface area (Å²) in [6, 6.07) is 14.8. The molecule has 0 fully saturated rings. The predicted octanol–water partition coefficient (Wildman–Crippen LogP) is 4.29. The molecular weight excluding hydrogens is 401 g/mol. The van der Waals surface area contributed by atoms with E-state index in [9.17, 15) is 4.79 Å². The zero-order valence-electron chi connectivity index (χ0n) is 10.7. The number of aliphatic imine (C=N–C) groups is 1. The van der Waals surface area contributed by atoms with Gasteiger partial charge in [-0.2, -0.15) is 0 Å². The van der Waals surface area contributed by atoms with Gasteiger partial charge in [0.05, 0.1) is 0 Å². The molecule has 0 bridgehead atoms. The number of carbonyl (C=O) groups excluding carboxylic acids is 1.